The number of fused-ring (bicyclic) bond motifs is 4. The number of nitrogens with zero attached hydrogens (tertiary/aromatic N) is 3. The second kappa shape index (κ2) is 13.4. The zero-order chi connectivity index (χ0) is 37.9. The third-order valence-corrected chi connectivity index (χ3v) is 16.0. The number of carbonyl (C=O) groups is 2. The summed E-state index contributed by atoms with van der Waals surface area (Å²) >= 11 is 0. The first-order valence-corrected chi connectivity index (χ1v) is 20.9. The van der Waals surface area contributed by atoms with Gasteiger partial charge in [0.1, 0.15) is 30.3 Å². The summed E-state index contributed by atoms with van der Waals surface area (Å²) in [5, 5.41) is 26.4. The molecular formula is C42H45N3O7Si. The minimum absolute atomic E-state index is 0.00488. The first-order valence-electron chi connectivity index (χ1n) is 18.0. The number of aliphatic hydroxyl groups is 1. The number of benzene rings is 3. The van der Waals surface area contributed by atoms with Gasteiger partial charge in [-0.3, -0.25) is 14.5 Å². The molecule has 3 aliphatic rings. The van der Waals surface area contributed by atoms with Crippen LogP contribution in [-0.4, -0.2) is 54.7 Å². The molecule has 1 N–H and O–H groups in total. The topological polar surface area (TPSA) is 135 Å². The molecule has 1 saturated carbocycles. The van der Waals surface area contributed by atoms with E-state index in [0.717, 1.165) is 11.1 Å². The Morgan fingerprint density at radius 3 is 2.15 bits per heavy atom. The van der Waals surface area contributed by atoms with E-state index in [1.807, 2.05) is 92.8 Å². The Morgan fingerprint density at radius 1 is 0.943 bits per heavy atom. The second-order valence-electron chi connectivity index (χ2n) is 16.0. The summed E-state index contributed by atoms with van der Waals surface area (Å²) in [6, 6.07) is 24.2. The lowest BCUT2D eigenvalue weighted by atomic mass is 9.57. The maximum absolute atomic E-state index is 15.6. The Labute approximate surface area is 311 Å². The molecule has 1 fully saturated rings. The van der Waals surface area contributed by atoms with Gasteiger partial charge < -0.3 is 23.5 Å². The van der Waals surface area contributed by atoms with E-state index in [-0.39, 0.29) is 41.0 Å². The van der Waals surface area contributed by atoms with Crippen LogP contribution in [0.2, 0.25) is 18.1 Å². The van der Waals surface area contributed by atoms with Crippen molar-refractivity contribution >= 4 is 25.6 Å². The van der Waals surface area contributed by atoms with Crippen LogP contribution in [0.4, 0.5) is 0 Å². The molecule has 0 spiro atoms. The number of ether oxygens (including phenoxy) is 2. The molecule has 1 heterocycles. The number of carbonyl (C=O) groups excluding carboxylic acids is 2. The lowest BCUT2D eigenvalue weighted by Gasteiger charge is -2.55. The molecule has 10 nitrogen and oxygen atoms in total. The number of aromatic nitrogens is 1. The van der Waals surface area contributed by atoms with Gasteiger partial charge in [0.15, 0.2) is 19.7 Å². The summed E-state index contributed by atoms with van der Waals surface area (Å²) in [6.07, 6.45) is 0.593. The van der Waals surface area contributed by atoms with Crippen LogP contribution in [0, 0.1) is 23.2 Å². The molecule has 274 valence electrons. The Balaban J connectivity index is 1.41. The monoisotopic (exact) mass is 731 g/mol. The van der Waals surface area contributed by atoms with E-state index >= 15 is 9.59 Å². The highest BCUT2D eigenvalue weighted by Gasteiger charge is 2.69. The van der Waals surface area contributed by atoms with Gasteiger partial charge in [0.2, 0.25) is 11.6 Å². The van der Waals surface area contributed by atoms with E-state index in [1.54, 1.807) is 12.1 Å². The second-order valence-corrected chi connectivity index (χ2v) is 20.7. The minimum atomic E-state index is -2.90. The highest BCUT2D eigenvalue weighted by atomic mass is 28.4. The summed E-state index contributed by atoms with van der Waals surface area (Å²) in [4.78, 5) is 33.0. The van der Waals surface area contributed by atoms with Gasteiger partial charge in [-0.1, -0.05) is 81.4 Å². The minimum Gasteiger partial charge on any atom is -0.507 e. The van der Waals surface area contributed by atoms with Crippen molar-refractivity contribution in [2.45, 2.75) is 76.6 Å². The van der Waals surface area contributed by atoms with Crippen LogP contribution in [0.5, 0.6) is 11.6 Å². The van der Waals surface area contributed by atoms with E-state index in [9.17, 15) is 10.4 Å². The molecule has 0 bridgehead atoms. The van der Waals surface area contributed by atoms with Crippen molar-refractivity contribution in [2.24, 2.45) is 11.8 Å². The molecule has 4 atom stereocenters. The molecule has 1 aromatic heterocycles. The van der Waals surface area contributed by atoms with Gasteiger partial charge in [0.25, 0.3) is 5.88 Å². The third-order valence-electron chi connectivity index (χ3n) is 11.5. The molecule has 0 unspecified atom stereocenters. The molecule has 0 saturated heterocycles. The average molecular weight is 732 g/mol. The SMILES string of the molecule is CN(C)[C@@H]1c2onc(OCc3ccccc3)c2C(=O)[C@@]2(O[Si](C)(C)C(C)(C)C)C(=O)C3=C(O)c4c(OCc5ccccc5)ccc(C#N)c4C[C@H]3C[C@@H]12. The summed E-state index contributed by atoms with van der Waals surface area (Å²) in [7, 11) is 0.857. The Bertz CT molecular complexity index is 2150. The van der Waals surface area contributed by atoms with Gasteiger partial charge in [-0.2, -0.15) is 5.26 Å². The Kier molecular flexibility index (Phi) is 9.21. The molecular weight excluding hydrogens is 687 g/mol. The van der Waals surface area contributed by atoms with E-state index < -0.39 is 43.4 Å². The normalized spacial score (nSPS) is 22.4. The maximum Gasteiger partial charge on any atom is 0.265 e. The standard InChI is InChI=1S/C42H45N3O7Si/c1-41(2,3)53(6,7)52-42-30(35(45(4)5)37-34(39(42)48)40(44-51-37)50-24-26-16-12-9-13-17-26)21-28-20-29-27(22-43)18-19-31(33(29)36(46)32(28)38(42)47)49-23-25-14-10-8-11-15-25/h8-19,28,30,35,46H,20-21,23-24H2,1-7H3/t28-,30-,35-,42-/m0/s1. The van der Waals surface area contributed by atoms with Crippen molar-refractivity contribution in [1.82, 2.24) is 10.1 Å². The molecule has 0 radical (unpaired) electrons. The highest BCUT2D eigenvalue weighted by Crippen LogP contribution is 2.59. The summed E-state index contributed by atoms with van der Waals surface area (Å²) in [5.41, 5.74) is 1.26. The smallest absolute Gasteiger partial charge is 0.265 e. The van der Waals surface area contributed by atoms with Gasteiger partial charge in [-0.05, 0) is 85.0 Å². The van der Waals surface area contributed by atoms with Crippen LogP contribution in [0.3, 0.4) is 0 Å². The molecule has 7 rings (SSSR count). The van der Waals surface area contributed by atoms with Crippen molar-refractivity contribution in [3.8, 4) is 17.7 Å². The predicted octanol–water partition coefficient (Wildman–Crippen LogP) is 7.99. The lowest BCUT2D eigenvalue weighted by Crippen LogP contribution is -2.68. The fourth-order valence-corrected chi connectivity index (χ4v) is 9.35. The third kappa shape index (κ3) is 5.99. The zero-order valence-corrected chi connectivity index (χ0v) is 32.2. The number of Topliss-reactive ketones (excluding diaryl/α,β-unsaturated/α-hetero) is 2. The van der Waals surface area contributed by atoms with Crippen LogP contribution < -0.4 is 9.47 Å². The maximum atomic E-state index is 15.6. The lowest BCUT2D eigenvalue weighted by molar-refractivity contribution is -0.140. The molecule has 3 aliphatic carbocycles. The first-order chi connectivity index (χ1) is 25.2. The number of hydrogen-bond donors (Lipinski definition) is 1. The number of hydrogen-bond acceptors (Lipinski definition) is 10. The number of ketones is 2. The zero-order valence-electron chi connectivity index (χ0n) is 31.2. The van der Waals surface area contributed by atoms with Crippen LogP contribution in [-0.2, 0) is 28.9 Å². The summed E-state index contributed by atoms with van der Waals surface area (Å²) in [6.45, 7) is 10.6. The summed E-state index contributed by atoms with van der Waals surface area (Å²) < 4.78 is 25.6. The summed E-state index contributed by atoms with van der Waals surface area (Å²) in [5.74, 6) is -2.01. The molecule has 0 aliphatic heterocycles. The van der Waals surface area contributed by atoms with Crippen LogP contribution in [0.25, 0.3) is 5.76 Å². The average Bonchev–Trinajstić information content (AvgIpc) is 3.54. The molecule has 3 aromatic carbocycles. The van der Waals surface area contributed by atoms with Crippen molar-refractivity contribution in [2.75, 3.05) is 14.1 Å². The van der Waals surface area contributed by atoms with Gasteiger partial charge in [0.05, 0.1) is 23.2 Å². The van der Waals surface area contributed by atoms with E-state index in [0.29, 0.717) is 41.0 Å². The molecule has 4 aromatic rings. The van der Waals surface area contributed by atoms with Gasteiger partial charge in [-0.25, -0.2) is 0 Å². The van der Waals surface area contributed by atoms with Crippen molar-refractivity contribution in [3.05, 3.63) is 118 Å². The number of rotatable bonds is 9. The van der Waals surface area contributed by atoms with Gasteiger partial charge in [-0.15, -0.1) is 0 Å². The van der Waals surface area contributed by atoms with Crippen LogP contribution in [0.1, 0.15) is 77.2 Å². The molecule has 11 heteroatoms. The van der Waals surface area contributed by atoms with E-state index in [2.05, 4.69) is 32.0 Å². The number of aliphatic hydroxyl groups excluding tert-OH is 1. The fourth-order valence-electron chi connectivity index (χ4n) is 7.90. The molecule has 0 amide bonds. The fraction of sp³-hybridized carbons (Fsp3) is 0.381. The van der Waals surface area contributed by atoms with Gasteiger partial charge >= 0.3 is 0 Å². The molecule has 53 heavy (non-hydrogen) atoms. The Hall–Kier alpha value is -5.02. The van der Waals surface area contributed by atoms with Crippen LogP contribution >= 0.6 is 0 Å². The first kappa shape index (κ1) is 36.3. The van der Waals surface area contributed by atoms with Crippen molar-refractivity contribution in [1.29, 1.82) is 5.26 Å². The highest BCUT2D eigenvalue weighted by molar-refractivity contribution is 6.74. The van der Waals surface area contributed by atoms with Crippen molar-refractivity contribution < 1.29 is 33.1 Å². The van der Waals surface area contributed by atoms with Crippen LogP contribution in [0.15, 0.2) is 82.9 Å². The van der Waals surface area contributed by atoms with Gasteiger partial charge in [0, 0.05) is 11.5 Å². The predicted molar refractivity (Wildman–Crippen MR) is 201 cm³/mol. The number of nitriles is 1. The Morgan fingerprint density at radius 2 is 1.57 bits per heavy atom. The quantitative estimate of drug-likeness (QED) is 0.133. The van der Waals surface area contributed by atoms with E-state index in [1.165, 1.54) is 0 Å². The van der Waals surface area contributed by atoms with Crippen molar-refractivity contribution in [3.63, 3.8) is 0 Å². The van der Waals surface area contributed by atoms with E-state index in [4.69, 9.17) is 18.4 Å². The largest absolute Gasteiger partial charge is 0.507 e.